The van der Waals surface area contributed by atoms with Gasteiger partial charge in [-0.1, -0.05) is 0 Å². The average molecular weight is 599 g/mol. The summed E-state index contributed by atoms with van der Waals surface area (Å²) in [6, 6.07) is 6.84. The van der Waals surface area contributed by atoms with Gasteiger partial charge in [0.05, 0.1) is 34.7 Å². The predicted octanol–water partition coefficient (Wildman–Crippen LogP) is 3.43. The molecule has 1 aromatic carbocycles. The maximum atomic E-state index is 15.1. The molecule has 0 bridgehead atoms. The number of fused-ring (bicyclic) bond motifs is 1. The molecule has 0 aliphatic carbocycles. The zero-order valence-electron chi connectivity index (χ0n) is 23.7. The standard InChI is InChI=1S/C30H31FN10OS/c1-18-26(37-17-43-18)23-10-20-14-35-30(38-22-2-3-25(24(31)11-22)40-8-6-32-7-9-40)39-28(20)41(29(23)42)15-21-13-34-16-36-27(21)19-4-5-33-12-19/h2-3,10-11,13-14,16-17,19,32-33H,4-9,12,15H2,1H3,(H,35,38,39). The van der Waals surface area contributed by atoms with Crippen molar-refractivity contribution < 1.29 is 4.39 Å². The Kier molecular flexibility index (Phi) is 7.51. The summed E-state index contributed by atoms with van der Waals surface area (Å²) in [5.74, 6) is 0.192. The Morgan fingerprint density at radius 1 is 1.09 bits per heavy atom. The van der Waals surface area contributed by atoms with E-state index in [1.54, 1.807) is 40.9 Å². The van der Waals surface area contributed by atoms with Gasteiger partial charge in [0.15, 0.2) is 0 Å². The highest BCUT2D eigenvalue weighted by Crippen LogP contribution is 2.29. The van der Waals surface area contributed by atoms with Crippen molar-refractivity contribution in [2.24, 2.45) is 0 Å². The van der Waals surface area contributed by atoms with Gasteiger partial charge in [-0.25, -0.2) is 24.3 Å². The van der Waals surface area contributed by atoms with Crippen molar-refractivity contribution in [3.05, 3.63) is 80.8 Å². The van der Waals surface area contributed by atoms with Crippen LogP contribution in [0.3, 0.4) is 0 Å². The van der Waals surface area contributed by atoms with Crippen LogP contribution in [0.15, 0.2) is 53.3 Å². The van der Waals surface area contributed by atoms with E-state index in [1.807, 2.05) is 17.9 Å². The lowest BCUT2D eigenvalue weighted by Crippen LogP contribution is -2.43. The van der Waals surface area contributed by atoms with E-state index in [9.17, 15) is 4.79 Å². The van der Waals surface area contributed by atoms with Gasteiger partial charge in [-0.15, -0.1) is 11.3 Å². The number of pyridine rings is 1. The molecule has 43 heavy (non-hydrogen) atoms. The van der Waals surface area contributed by atoms with E-state index < -0.39 is 0 Å². The fourth-order valence-corrected chi connectivity index (χ4v) is 6.48. The van der Waals surface area contributed by atoms with Crippen LogP contribution in [0.5, 0.6) is 0 Å². The van der Waals surface area contributed by atoms with Crippen molar-refractivity contribution in [1.82, 2.24) is 40.1 Å². The first-order valence-electron chi connectivity index (χ1n) is 14.4. The quantitative estimate of drug-likeness (QED) is 0.257. The van der Waals surface area contributed by atoms with Gasteiger partial charge in [0.25, 0.3) is 5.56 Å². The maximum Gasteiger partial charge on any atom is 0.262 e. The normalized spacial score (nSPS) is 17.1. The summed E-state index contributed by atoms with van der Waals surface area (Å²) in [7, 11) is 0. The number of aromatic nitrogens is 6. The molecule has 1 unspecified atom stereocenters. The topological polar surface area (TPSA) is 126 Å². The van der Waals surface area contributed by atoms with Crippen molar-refractivity contribution in [1.29, 1.82) is 0 Å². The second-order valence-electron chi connectivity index (χ2n) is 10.8. The van der Waals surface area contributed by atoms with Crippen LogP contribution >= 0.6 is 11.3 Å². The second-order valence-corrected chi connectivity index (χ2v) is 11.9. The fourth-order valence-electron chi connectivity index (χ4n) is 5.89. The average Bonchev–Trinajstić information content (AvgIpc) is 3.72. The molecule has 13 heteroatoms. The molecule has 3 N–H and O–H groups in total. The number of nitrogens with one attached hydrogen (secondary N) is 3. The number of aryl methyl sites for hydroxylation is 1. The van der Waals surface area contributed by atoms with E-state index in [-0.39, 0.29) is 29.8 Å². The van der Waals surface area contributed by atoms with Crippen LogP contribution in [0.4, 0.5) is 21.7 Å². The molecule has 5 aromatic rings. The van der Waals surface area contributed by atoms with Crippen molar-refractivity contribution in [3.8, 4) is 11.3 Å². The number of hydrogen-bond donors (Lipinski definition) is 3. The summed E-state index contributed by atoms with van der Waals surface area (Å²) in [6.07, 6.45) is 5.99. The minimum Gasteiger partial charge on any atom is -0.367 e. The first kappa shape index (κ1) is 27.5. The second kappa shape index (κ2) is 11.7. The van der Waals surface area contributed by atoms with Crippen LogP contribution in [0.1, 0.15) is 28.5 Å². The van der Waals surface area contributed by atoms with E-state index in [0.29, 0.717) is 33.7 Å². The molecule has 4 aromatic heterocycles. The van der Waals surface area contributed by atoms with Crippen molar-refractivity contribution >= 4 is 39.7 Å². The Hall–Kier alpha value is -4.33. The Labute approximate surface area is 251 Å². The zero-order valence-corrected chi connectivity index (χ0v) is 24.5. The number of piperazine rings is 1. The number of halogens is 1. The number of anilines is 3. The van der Waals surface area contributed by atoms with E-state index in [4.69, 9.17) is 4.98 Å². The first-order chi connectivity index (χ1) is 21.0. The summed E-state index contributed by atoms with van der Waals surface area (Å²) in [6.45, 7) is 7.10. The third kappa shape index (κ3) is 5.46. The molecule has 2 saturated heterocycles. The lowest BCUT2D eigenvalue weighted by molar-refractivity contribution is 0.566. The smallest absolute Gasteiger partial charge is 0.262 e. The summed E-state index contributed by atoms with van der Waals surface area (Å²) >= 11 is 1.49. The van der Waals surface area contributed by atoms with Crippen molar-refractivity contribution in [2.75, 3.05) is 49.5 Å². The van der Waals surface area contributed by atoms with Crippen molar-refractivity contribution in [3.63, 3.8) is 0 Å². The molecule has 2 aliphatic rings. The van der Waals surface area contributed by atoms with Gasteiger partial charge in [0.1, 0.15) is 17.8 Å². The highest BCUT2D eigenvalue weighted by molar-refractivity contribution is 7.10. The summed E-state index contributed by atoms with van der Waals surface area (Å²) in [4.78, 5) is 39.8. The zero-order chi connectivity index (χ0) is 29.3. The Bertz CT molecular complexity index is 1850. The van der Waals surface area contributed by atoms with E-state index >= 15 is 4.39 Å². The van der Waals surface area contributed by atoms with Gasteiger partial charge in [0.2, 0.25) is 5.95 Å². The highest BCUT2D eigenvalue weighted by Gasteiger charge is 2.23. The van der Waals surface area contributed by atoms with Gasteiger partial charge < -0.3 is 20.9 Å². The largest absolute Gasteiger partial charge is 0.367 e. The molecular formula is C30H31FN10OS. The lowest BCUT2D eigenvalue weighted by atomic mass is 10.00. The molecular weight excluding hydrogens is 567 g/mol. The Morgan fingerprint density at radius 3 is 2.74 bits per heavy atom. The molecule has 220 valence electrons. The molecule has 7 rings (SSSR count). The van der Waals surface area contributed by atoms with E-state index in [2.05, 4.69) is 35.9 Å². The van der Waals surface area contributed by atoms with Gasteiger partial charge in [0, 0.05) is 72.5 Å². The molecule has 6 heterocycles. The maximum absolute atomic E-state index is 15.1. The summed E-state index contributed by atoms with van der Waals surface area (Å²) < 4.78 is 16.8. The molecule has 11 nitrogen and oxygen atoms in total. The number of nitrogens with zero attached hydrogens (tertiary/aromatic N) is 7. The predicted molar refractivity (Wildman–Crippen MR) is 166 cm³/mol. The SMILES string of the molecule is Cc1scnc1-c1cc2cnc(Nc3ccc(N4CCNCC4)c(F)c3)nc2n(Cc2cncnc2C2CCNC2)c1=O. The third-order valence-electron chi connectivity index (χ3n) is 8.09. The van der Waals surface area contributed by atoms with Crippen LogP contribution in [0, 0.1) is 12.7 Å². The van der Waals surface area contributed by atoms with Crippen LogP contribution in [-0.2, 0) is 6.54 Å². The van der Waals surface area contributed by atoms with Gasteiger partial charge in [-0.2, -0.15) is 4.98 Å². The van der Waals surface area contributed by atoms with Crippen LogP contribution in [0.2, 0.25) is 0 Å². The monoisotopic (exact) mass is 598 g/mol. The van der Waals surface area contributed by atoms with Gasteiger partial charge in [-0.3, -0.25) is 9.36 Å². The van der Waals surface area contributed by atoms with Crippen LogP contribution in [0.25, 0.3) is 22.3 Å². The number of hydrogen-bond acceptors (Lipinski definition) is 11. The number of rotatable bonds is 7. The third-order valence-corrected chi connectivity index (χ3v) is 8.84. The fraction of sp³-hybridized carbons (Fsp3) is 0.333. The molecule has 1 atom stereocenters. The molecule has 2 aliphatic heterocycles. The molecule has 0 spiro atoms. The minimum absolute atomic E-state index is 0.211. The van der Waals surface area contributed by atoms with Gasteiger partial charge >= 0.3 is 0 Å². The number of benzene rings is 1. The van der Waals surface area contributed by atoms with Crippen LogP contribution in [-0.4, -0.2) is 68.8 Å². The highest BCUT2D eigenvalue weighted by atomic mass is 32.1. The van der Waals surface area contributed by atoms with E-state index in [0.717, 1.165) is 61.8 Å². The van der Waals surface area contributed by atoms with Gasteiger partial charge in [-0.05, 0) is 44.2 Å². The van der Waals surface area contributed by atoms with Crippen LogP contribution < -0.4 is 26.4 Å². The first-order valence-corrected chi connectivity index (χ1v) is 15.3. The summed E-state index contributed by atoms with van der Waals surface area (Å²) in [5, 5.41) is 10.5. The molecule has 0 saturated carbocycles. The molecule has 0 radical (unpaired) electrons. The molecule has 2 fully saturated rings. The van der Waals surface area contributed by atoms with Crippen molar-refractivity contribution in [2.45, 2.75) is 25.8 Å². The number of thiazole rings is 1. The lowest BCUT2D eigenvalue weighted by Gasteiger charge is -2.29. The molecule has 0 amide bonds. The summed E-state index contributed by atoms with van der Waals surface area (Å²) in [5.41, 5.74) is 6.02. The van der Waals surface area contributed by atoms with E-state index in [1.165, 1.54) is 17.4 Å². The minimum atomic E-state index is -0.314. The Balaban J connectivity index is 1.29. The Morgan fingerprint density at radius 2 is 1.98 bits per heavy atom.